The van der Waals surface area contributed by atoms with Gasteiger partial charge >= 0.3 is 0 Å². The third-order valence-electron chi connectivity index (χ3n) is 7.73. The zero-order valence-corrected chi connectivity index (χ0v) is 25.7. The van der Waals surface area contributed by atoms with Crippen LogP contribution >= 0.6 is 23.2 Å². The van der Waals surface area contributed by atoms with Crippen molar-refractivity contribution in [1.82, 2.24) is 15.5 Å². The summed E-state index contributed by atoms with van der Waals surface area (Å²) in [4.78, 5) is 42.6. The molecule has 0 radical (unpaired) electrons. The second-order valence-corrected chi connectivity index (χ2v) is 11.8. The van der Waals surface area contributed by atoms with Gasteiger partial charge in [-0.1, -0.05) is 53.5 Å². The van der Waals surface area contributed by atoms with E-state index in [1.165, 1.54) is 0 Å². The highest BCUT2D eigenvalue weighted by Crippen LogP contribution is 2.32. The zero-order valence-electron chi connectivity index (χ0n) is 24.2. The zero-order chi connectivity index (χ0) is 30.3. The van der Waals surface area contributed by atoms with Gasteiger partial charge in [0.1, 0.15) is 11.8 Å². The Labute approximate surface area is 262 Å². The van der Waals surface area contributed by atoms with E-state index in [0.717, 1.165) is 48.1 Å². The smallest absolute Gasteiger partial charge is 0.247 e. The van der Waals surface area contributed by atoms with Crippen molar-refractivity contribution in [2.24, 2.45) is 0 Å². The van der Waals surface area contributed by atoms with Gasteiger partial charge in [-0.2, -0.15) is 0 Å². The molecule has 2 fully saturated rings. The van der Waals surface area contributed by atoms with Crippen molar-refractivity contribution in [3.63, 3.8) is 0 Å². The van der Waals surface area contributed by atoms with Gasteiger partial charge in [0, 0.05) is 41.9 Å². The largest absolute Gasteiger partial charge is 0.494 e. The van der Waals surface area contributed by atoms with E-state index in [0.29, 0.717) is 35.4 Å². The number of piperazine rings is 1. The van der Waals surface area contributed by atoms with Gasteiger partial charge in [-0.3, -0.25) is 19.3 Å². The molecule has 1 heterocycles. The highest BCUT2D eigenvalue weighted by molar-refractivity contribution is 6.31. The number of nitrogens with zero attached hydrogens (tertiary/aromatic N) is 2. The molecule has 0 aromatic heterocycles. The van der Waals surface area contributed by atoms with Crippen LogP contribution in [0.25, 0.3) is 0 Å². The number of benzene rings is 3. The lowest BCUT2D eigenvalue weighted by Gasteiger charge is -2.38. The van der Waals surface area contributed by atoms with Crippen molar-refractivity contribution in [1.29, 1.82) is 0 Å². The Bertz CT molecular complexity index is 1460. The summed E-state index contributed by atoms with van der Waals surface area (Å²) in [5.74, 6) is 0.393. The standard InChI is InChI=1S/C33H36Cl2N4O4/c1-36-31(40)17-23-9-14-29(35)24(16-23)21-38(26-12-13-26)33(42)30-19-37-20-32(41)39(30)27-10-7-22(8-11-27)4-3-15-43-28-6-2-5-25(34)18-28/h2,5-11,14,16,18,26,30,37H,3-4,12-13,15,17,19-21H2,1H3,(H,36,40)/t30-/m1/s1. The quantitative estimate of drug-likeness (QED) is 0.284. The summed E-state index contributed by atoms with van der Waals surface area (Å²) in [6.07, 6.45) is 3.69. The highest BCUT2D eigenvalue weighted by Gasteiger charge is 2.41. The van der Waals surface area contributed by atoms with Crippen molar-refractivity contribution < 1.29 is 19.1 Å². The van der Waals surface area contributed by atoms with Crippen LogP contribution in [0.3, 0.4) is 0 Å². The lowest BCUT2D eigenvalue weighted by Crippen LogP contribution is -2.61. The molecular formula is C33H36Cl2N4O4. The molecule has 2 aliphatic rings. The SMILES string of the molecule is CNC(=O)Cc1ccc(Cl)c(CN(C(=O)[C@H]2CNCC(=O)N2c2ccc(CCCOc3cccc(Cl)c3)cc2)C2CC2)c1. The molecule has 0 bridgehead atoms. The van der Waals surface area contributed by atoms with Gasteiger partial charge in [0.15, 0.2) is 0 Å². The number of hydrogen-bond donors (Lipinski definition) is 2. The Balaban J connectivity index is 1.26. The number of likely N-dealkylation sites (N-methyl/N-ethyl adjacent to an activating group) is 1. The molecule has 43 heavy (non-hydrogen) atoms. The maximum absolute atomic E-state index is 14.1. The average molecular weight is 624 g/mol. The number of anilines is 1. The summed E-state index contributed by atoms with van der Waals surface area (Å²) in [6.45, 7) is 1.41. The molecule has 1 saturated heterocycles. The van der Waals surface area contributed by atoms with Crippen molar-refractivity contribution in [2.45, 2.75) is 50.7 Å². The molecule has 1 atom stereocenters. The molecular weight excluding hydrogens is 587 g/mol. The van der Waals surface area contributed by atoms with E-state index in [1.54, 1.807) is 24.1 Å². The number of ether oxygens (including phenoxy) is 1. The molecule has 0 unspecified atom stereocenters. The third kappa shape index (κ3) is 8.07. The first-order valence-electron chi connectivity index (χ1n) is 14.6. The Morgan fingerprint density at radius 1 is 1.05 bits per heavy atom. The topological polar surface area (TPSA) is 91.0 Å². The summed E-state index contributed by atoms with van der Waals surface area (Å²) in [5, 5.41) is 6.94. The van der Waals surface area contributed by atoms with Crippen molar-refractivity contribution in [3.05, 3.63) is 93.5 Å². The molecule has 3 aromatic rings. The number of hydrogen-bond acceptors (Lipinski definition) is 5. The highest BCUT2D eigenvalue weighted by atomic mass is 35.5. The van der Waals surface area contributed by atoms with Crippen LogP contribution in [0.1, 0.15) is 36.0 Å². The third-order valence-corrected chi connectivity index (χ3v) is 8.34. The average Bonchev–Trinajstić information content (AvgIpc) is 3.85. The molecule has 2 N–H and O–H groups in total. The van der Waals surface area contributed by atoms with Crippen molar-refractivity contribution in [3.8, 4) is 5.75 Å². The fourth-order valence-corrected chi connectivity index (χ4v) is 5.67. The maximum Gasteiger partial charge on any atom is 0.247 e. The minimum atomic E-state index is -0.674. The Morgan fingerprint density at radius 2 is 1.81 bits per heavy atom. The molecule has 3 aromatic carbocycles. The molecule has 226 valence electrons. The van der Waals surface area contributed by atoms with Gasteiger partial charge in [-0.05, 0) is 78.8 Å². The lowest BCUT2D eigenvalue weighted by atomic mass is 10.0. The van der Waals surface area contributed by atoms with Gasteiger partial charge in [-0.15, -0.1) is 0 Å². The van der Waals surface area contributed by atoms with E-state index in [2.05, 4.69) is 10.6 Å². The minimum absolute atomic E-state index is 0.0947. The van der Waals surface area contributed by atoms with E-state index in [4.69, 9.17) is 27.9 Å². The van der Waals surface area contributed by atoms with Crippen LogP contribution in [0, 0.1) is 0 Å². The van der Waals surface area contributed by atoms with E-state index >= 15 is 0 Å². The van der Waals surface area contributed by atoms with Crippen molar-refractivity contribution >= 4 is 46.6 Å². The number of halogens is 2. The fourth-order valence-electron chi connectivity index (χ4n) is 5.32. The Morgan fingerprint density at radius 3 is 2.53 bits per heavy atom. The van der Waals surface area contributed by atoms with Crippen LogP contribution in [-0.4, -0.2) is 61.4 Å². The van der Waals surface area contributed by atoms with Crippen LogP contribution in [0.5, 0.6) is 5.75 Å². The predicted octanol–water partition coefficient (Wildman–Crippen LogP) is 4.79. The van der Waals surface area contributed by atoms with Crippen LogP contribution in [0.4, 0.5) is 5.69 Å². The summed E-state index contributed by atoms with van der Waals surface area (Å²) in [6, 6.07) is 20.1. The van der Waals surface area contributed by atoms with Crippen LogP contribution in [-0.2, 0) is 33.8 Å². The van der Waals surface area contributed by atoms with Gasteiger partial charge in [0.2, 0.25) is 17.7 Å². The minimum Gasteiger partial charge on any atom is -0.494 e. The van der Waals surface area contributed by atoms with Crippen molar-refractivity contribution in [2.75, 3.05) is 31.6 Å². The molecule has 3 amide bonds. The first-order chi connectivity index (χ1) is 20.8. The second-order valence-electron chi connectivity index (χ2n) is 11.0. The summed E-state index contributed by atoms with van der Waals surface area (Å²) < 4.78 is 5.79. The normalized spacial score (nSPS) is 16.6. The number of amides is 3. The maximum atomic E-state index is 14.1. The number of nitrogens with one attached hydrogen (secondary N) is 2. The molecule has 1 aliphatic heterocycles. The molecule has 10 heteroatoms. The number of rotatable bonds is 12. The molecule has 0 spiro atoms. The first kappa shape index (κ1) is 30.9. The van der Waals surface area contributed by atoms with Crippen LogP contribution in [0.2, 0.25) is 10.0 Å². The Kier molecular flexibility index (Phi) is 10.2. The molecule has 5 rings (SSSR count). The van der Waals surface area contributed by atoms with Gasteiger partial charge in [0.25, 0.3) is 0 Å². The summed E-state index contributed by atoms with van der Waals surface area (Å²) >= 11 is 12.6. The fraction of sp³-hybridized carbons (Fsp3) is 0.364. The predicted molar refractivity (Wildman–Crippen MR) is 169 cm³/mol. The van der Waals surface area contributed by atoms with Gasteiger partial charge < -0.3 is 20.3 Å². The lowest BCUT2D eigenvalue weighted by molar-refractivity contribution is -0.136. The second kappa shape index (κ2) is 14.3. The number of aryl methyl sites for hydroxylation is 1. The van der Waals surface area contributed by atoms with Crippen LogP contribution < -0.4 is 20.3 Å². The molecule has 8 nitrogen and oxygen atoms in total. The summed E-state index contributed by atoms with van der Waals surface area (Å²) in [7, 11) is 1.60. The van der Waals surface area contributed by atoms with E-state index in [1.807, 2.05) is 59.5 Å². The van der Waals surface area contributed by atoms with E-state index < -0.39 is 6.04 Å². The van der Waals surface area contributed by atoms with Crippen LogP contribution in [0.15, 0.2) is 66.7 Å². The Hall–Kier alpha value is -3.59. The number of carbonyl (C=O) groups excluding carboxylic acids is 3. The van der Waals surface area contributed by atoms with Gasteiger partial charge in [0.05, 0.1) is 19.6 Å². The first-order valence-corrected chi connectivity index (χ1v) is 15.4. The summed E-state index contributed by atoms with van der Waals surface area (Å²) in [5.41, 5.74) is 3.43. The van der Waals surface area contributed by atoms with Gasteiger partial charge in [-0.25, -0.2) is 0 Å². The molecule has 1 saturated carbocycles. The number of carbonyl (C=O) groups is 3. The molecule has 1 aliphatic carbocycles. The van der Waals surface area contributed by atoms with E-state index in [-0.39, 0.29) is 36.7 Å². The monoisotopic (exact) mass is 622 g/mol. The van der Waals surface area contributed by atoms with E-state index in [9.17, 15) is 14.4 Å².